The van der Waals surface area contributed by atoms with Gasteiger partial charge in [0.25, 0.3) is 5.56 Å². The quantitative estimate of drug-likeness (QED) is 0.0503. The van der Waals surface area contributed by atoms with Gasteiger partial charge in [-0.3, -0.25) is 29.1 Å². The highest BCUT2D eigenvalue weighted by molar-refractivity contribution is 6.62. The van der Waals surface area contributed by atoms with Gasteiger partial charge < -0.3 is 58.7 Å². The fourth-order valence-corrected chi connectivity index (χ4v) is 12.7. The predicted molar refractivity (Wildman–Crippen MR) is 388 cm³/mol. The number of amides is 3. The number of hydrogen-bond donors (Lipinski definition) is 4. The molecule has 10 heterocycles. The lowest BCUT2D eigenvalue weighted by Gasteiger charge is -2.32. The molecule has 0 unspecified atom stereocenters. The van der Waals surface area contributed by atoms with Crippen LogP contribution in [0.25, 0.3) is 22.5 Å². The van der Waals surface area contributed by atoms with Crippen molar-refractivity contribution < 1.29 is 78.5 Å². The molecule has 6 aromatic heterocycles. The van der Waals surface area contributed by atoms with Gasteiger partial charge in [0.15, 0.2) is 34.5 Å². The Morgan fingerprint density at radius 3 is 1.21 bits per heavy atom. The summed E-state index contributed by atoms with van der Waals surface area (Å²) in [6, 6.07) is 29.7. The molecule has 107 heavy (non-hydrogen) atoms. The monoisotopic (exact) mass is 1490 g/mol. The van der Waals surface area contributed by atoms with Crippen LogP contribution in [0, 0.1) is 55.4 Å². The molecule has 9 aromatic rings. The molecule has 29 heteroatoms. The van der Waals surface area contributed by atoms with Crippen LogP contribution in [0.4, 0.5) is 43.8 Å². The molecule has 3 amide bonds. The molecule has 3 aromatic carbocycles. The fourth-order valence-electron chi connectivity index (χ4n) is 12.6. The summed E-state index contributed by atoms with van der Waals surface area (Å²) in [7, 11) is -0.313. The number of anilines is 3. The van der Waals surface area contributed by atoms with Crippen LogP contribution in [-0.2, 0) is 39.9 Å². The smallest absolute Gasteiger partial charge is 0.399 e. The third-order valence-corrected chi connectivity index (χ3v) is 20.3. The Labute approximate surface area is 618 Å². The lowest BCUT2D eigenvalue weighted by molar-refractivity contribution is -0.287. The SMILES string of the molecule is C.Cc1c[nH]c(=O)c(-c2nc(NC(=O)C3(c4ccc5c(c4)OC(F)(F)O5)CC3)ccc2C)c1.Cc1ccc(NC(=O)C2(c3ccc4c(c3)OC(F)(F)O4)CC2)nc1Cl.Cc1cnc(C)c(-c2nc(NC(=O)C3(c4ccc5c(c4)OC(F)(F)O5)CC3)ccc2C)c1.Cc1cnc(C)c(B2OC(C)(C)C(C)(C)O2)c1. The minimum absolute atomic E-state index is 0. The molecule has 0 radical (unpaired) electrons. The number of nitrogens with zero attached hydrogens (tertiary/aromatic N) is 5. The van der Waals surface area contributed by atoms with E-state index in [1.54, 1.807) is 67.0 Å². The lowest BCUT2D eigenvalue weighted by Crippen LogP contribution is -2.41. The van der Waals surface area contributed by atoms with Crippen molar-refractivity contribution in [3.63, 3.8) is 0 Å². The van der Waals surface area contributed by atoms with Gasteiger partial charge in [-0.25, -0.2) is 15.0 Å². The number of aromatic nitrogens is 6. The number of pyridine rings is 6. The van der Waals surface area contributed by atoms with Crippen LogP contribution in [-0.4, -0.2) is 84.8 Å². The van der Waals surface area contributed by atoms with Crippen molar-refractivity contribution in [3.05, 3.63) is 205 Å². The number of halogens is 7. The minimum Gasteiger partial charge on any atom is -0.399 e. The highest BCUT2D eigenvalue weighted by Gasteiger charge is 2.57. The average Bonchev–Trinajstić information content (AvgIpc) is 1.60. The van der Waals surface area contributed by atoms with Crippen LogP contribution in [0.3, 0.4) is 0 Å². The lowest BCUT2D eigenvalue weighted by atomic mass is 9.77. The zero-order chi connectivity index (χ0) is 76.0. The summed E-state index contributed by atoms with van der Waals surface area (Å²) >= 11 is 5.97. The predicted octanol–water partition coefficient (Wildman–Crippen LogP) is 15.8. The average molecular weight is 1490 g/mol. The molecule has 558 valence electrons. The number of carbonyl (C=O) groups is 3. The fraction of sp³-hybridized carbons (Fsp3) is 0.346. The van der Waals surface area contributed by atoms with E-state index in [0.29, 0.717) is 89.1 Å². The molecule has 0 atom stereocenters. The molecular weight excluding hydrogens is 1420 g/mol. The van der Waals surface area contributed by atoms with Crippen molar-refractivity contribution in [2.45, 2.75) is 175 Å². The second-order valence-corrected chi connectivity index (χ2v) is 28.8. The van der Waals surface area contributed by atoms with Crippen molar-refractivity contribution in [1.82, 2.24) is 29.9 Å². The summed E-state index contributed by atoms with van der Waals surface area (Å²) in [6.07, 6.45) is -2.25. The first-order valence-corrected chi connectivity index (χ1v) is 34.4. The first-order valence-electron chi connectivity index (χ1n) is 34.0. The van der Waals surface area contributed by atoms with Crippen LogP contribution in [0.1, 0.15) is 135 Å². The summed E-state index contributed by atoms with van der Waals surface area (Å²) in [6.45, 7) is 23.6. The zero-order valence-electron chi connectivity index (χ0n) is 59.7. The van der Waals surface area contributed by atoms with Crippen molar-refractivity contribution in [2.75, 3.05) is 16.0 Å². The van der Waals surface area contributed by atoms with E-state index in [2.05, 4.69) is 108 Å². The van der Waals surface area contributed by atoms with Crippen molar-refractivity contribution in [3.8, 4) is 57.0 Å². The van der Waals surface area contributed by atoms with Gasteiger partial charge in [0.1, 0.15) is 22.6 Å². The Balaban J connectivity index is 0.000000136. The van der Waals surface area contributed by atoms with Crippen molar-refractivity contribution in [2.24, 2.45) is 0 Å². The molecule has 4 aliphatic heterocycles. The first-order chi connectivity index (χ1) is 49.8. The zero-order valence-corrected chi connectivity index (χ0v) is 60.5. The number of carbonyl (C=O) groups excluding carboxylic acids is 3. The largest absolute Gasteiger partial charge is 0.586 e. The number of nitrogens with one attached hydrogen (secondary N) is 4. The maximum Gasteiger partial charge on any atom is 0.586 e. The molecule has 4 fully saturated rings. The number of H-pyrrole nitrogens is 1. The number of alkyl halides is 6. The minimum atomic E-state index is -3.71. The highest BCUT2D eigenvalue weighted by Crippen LogP contribution is 2.55. The Bertz CT molecular complexity index is 5090. The Hall–Kier alpha value is -10.6. The van der Waals surface area contributed by atoms with Gasteiger partial charge in [-0.1, -0.05) is 61.5 Å². The second kappa shape index (κ2) is 28.0. The second-order valence-electron chi connectivity index (χ2n) is 28.5. The van der Waals surface area contributed by atoms with Gasteiger partial charge in [0.2, 0.25) is 17.7 Å². The van der Waals surface area contributed by atoms with E-state index in [1.165, 1.54) is 36.4 Å². The molecule has 3 aliphatic carbocycles. The number of ether oxygens (including phenoxy) is 6. The number of rotatable bonds is 12. The highest BCUT2D eigenvalue weighted by atomic mass is 35.5. The van der Waals surface area contributed by atoms with Gasteiger partial charge in [0, 0.05) is 41.0 Å². The summed E-state index contributed by atoms with van der Waals surface area (Å²) in [5.41, 5.74) is 9.46. The molecule has 4 N–H and O–H groups in total. The van der Waals surface area contributed by atoms with Gasteiger partial charge in [0.05, 0.1) is 44.4 Å². The Morgan fingerprint density at radius 2 is 0.804 bits per heavy atom. The van der Waals surface area contributed by atoms with E-state index in [-0.39, 0.29) is 83.5 Å². The summed E-state index contributed by atoms with van der Waals surface area (Å²) < 4.78 is 119. The van der Waals surface area contributed by atoms with Gasteiger partial charge >= 0.3 is 26.0 Å². The normalized spacial score (nSPS) is 18.1. The van der Waals surface area contributed by atoms with Crippen molar-refractivity contribution >= 4 is 59.4 Å². The third-order valence-electron chi connectivity index (χ3n) is 19.9. The van der Waals surface area contributed by atoms with E-state index in [1.807, 2.05) is 73.7 Å². The van der Waals surface area contributed by atoms with Crippen LogP contribution < -0.4 is 55.4 Å². The molecule has 0 bridgehead atoms. The molecule has 16 rings (SSSR count). The standard InChI is InChI=1S/C24H21F2N3O3.C23H19F2N3O4.C17H13ClF2N2O3.C13H20BNO2.CH4/c1-13-10-17(15(3)27-12-13)21-14(2)4-7-20(28-21)29-22(30)23(8-9-23)16-5-6-18-19(11-16)32-24(25,26)31-18;1-12-9-15(20(29)26-11-12)19-13(2)3-6-18(27-19)28-21(30)22(7-8-22)14-4-5-16-17(10-14)32-23(24,25)31-16;1-9-2-5-13(21-14(9)18)22-15(23)16(6-7-16)10-3-4-11-12(8-10)25-17(19,20)24-11;1-9-7-11(10(2)15-8-9)14-16-12(3,4)13(5,6)17-14;/h4-7,10-12H,8-9H2,1-3H3,(H,28,29,30);3-6,9-11H,7-8H2,1-2H3,(H,26,29)(H,27,28,30);2-5,8H,6-7H2,1H3,(H,21,22,23);7-8H,1-6H3;1H4. The Kier molecular flexibility index (Phi) is 19.9. The molecule has 21 nitrogen and oxygen atoms in total. The Morgan fingerprint density at radius 1 is 0.449 bits per heavy atom. The first kappa shape index (κ1) is 76.1. The number of hydrogen-bond acceptors (Lipinski definition) is 17. The number of aryl methyl sites for hydroxylation is 8. The molecule has 0 spiro atoms. The van der Waals surface area contributed by atoms with E-state index in [4.69, 9.17) is 20.9 Å². The van der Waals surface area contributed by atoms with Crippen LogP contribution in [0.2, 0.25) is 5.15 Å². The summed E-state index contributed by atoms with van der Waals surface area (Å²) in [5, 5.41) is 8.78. The van der Waals surface area contributed by atoms with Crippen LogP contribution in [0.15, 0.2) is 133 Å². The van der Waals surface area contributed by atoms with Gasteiger partial charge in [-0.15, -0.1) is 26.3 Å². The third kappa shape index (κ3) is 15.7. The molecule has 1 saturated heterocycles. The summed E-state index contributed by atoms with van der Waals surface area (Å²) in [5.74, 6) is -0.103. The van der Waals surface area contributed by atoms with Gasteiger partial charge in [-0.05, 0) is 238 Å². The molecule has 3 saturated carbocycles. The number of aromatic amines is 1. The van der Waals surface area contributed by atoms with Crippen molar-refractivity contribution in [1.29, 1.82) is 0 Å². The number of fused-ring (bicyclic) bond motifs is 3. The van der Waals surface area contributed by atoms with E-state index >= 15 is 0 Å². The molecule has 7 aliphatic rings. The number of benzene rings is 3. The maximum absolute atomic E-state index is 13.4. The van der Waals surface area contributed by atoms with Crippen LogP contribution in [0.5, 0.6) is 34.5 Å². The van der Waals surface area contributed by atoms with E-state index < -0.39 is 35.1 Å². The summed E-state index contributed by atoms with van der Waals surface area (Å²) in [4.78, 5) is 76.1. The van der Waals surface area contributed by atoms with Crippen LogP contribution >= 0.6 is 11.6 Å². The van der Waals surface area contributed by atoms with E-state index in [9.17, 15) is 45.5 Å². The van der Waals surface area contributed by atoms with Gasteiger partial charge in [-0.2, -0.15) is 0 Å². The topological polar surface area (TPSA) is 258 Å². The molecular formula is C78H77BClF6N9O12. The van der Waals surface area contributed by atoms with E-state index in [0.717, 1.165) is 61.5 Å². The maximum atomic E-state index is 13.4.